The van der Waals surface area contributed by atoms with Gasteiger partial charge >= 0.3 is 0 Å². The lowest BCUT2D eigenvalue weighted by molar-refractivity contribution is -0.121. The van der Waals surface area contributed by atoms with E-state index in [-0.39, 0.29) is 30.2 Å². The van der Waals surface area contributed by atoms with E-state index in [2.05, 4.69) is 10.6 Å². The summed E-state index contributed by atoms with van der Waals surface area (Å²) >= 11 is 0. The number of benzene rings is 2. The maximum Gasteiger partial charge on any atom is 0.253 e. The Morgan fingerprint density at radius 3 is 2.38 bits per heavy atom. The summed E-state index contributed by atoms with van der Waals surface area (Å²) in [6, 6.07) is 12.4. The zero-order chi connectivity index (χ0) is 23.1. The molecule has 0 saturated carbocycles. The molecule has 8 nitrogen and oxygen atoms in total. The Bertz CT molecular complexity index is 983. The van der Waals surface area contributed by atoms with Gasteiger partial charge in [-0.05, 0) is 48.7 Å². The Morgan fingerprint density at radius 1 is 1.00 bits per heavy atom. The van der Waals surface area contributed by atoms with E-state index >= 15 is 0 Å². The van der Waals surface area contributed by atoms with Crippen molar-refractivity contribution in [3.05, 3.63) is 53.6 Å². The van der Waals surface area contributed by atoms with Crippen molar-refractivity contribution in [3.63, 3.8) is 0 Å². The van der Waals surface area contributed by atoms with Gasteiger partial charge in [-0.15, -0.1) is 0 Å². The quantitative estimate of drug-likeness (QED) is 0.691. The number of carbonyl (C=O) groups is 3. The summed E-state index contributed by atoms with van der Waals surface area (Å²) in [5, 5.41) is 5.76. The van der Waals surface area contributed by atoms with E-state index in [1.807, 2.05) is 6.07 Å². The van der Waals surface area contributed by atoms with Crippen molar-refractivity contribution in [1.29, 1.82) is 0 Å². The van der Waals surface area contributed by atoms with Crippen LogP contribution in [0.25, 0.3) is 0 Å². The number of hydrogen-bond donors (Lipinski definition) is 2. The van der Waals surface area contributed by atoms with Crippen molar-refractivity contribution in [2.75, 3.05) is 32.6 Å². The van der Waals surface area contributed by atoms with Gasteiger partial charge in [0.2, 0.25) is 11.8 Å². The van der Waals surface area contributed by atoms with Crippen LogP contribution in [-0.2, 0) is 16.0 Å². The third kappa shape index (κ3) is 6.00. The van der Waals surface area contributed by atoms with E-state index in [1.165, 1.54) is 6.92 Å². The lowest BCUT2D eigenvalue weighted by Crippen LogP contribution is -2.46. The molecular formula is C24H29N3O5. The predicted molar refractivity (Wildman–Crippen MR) is 121 cm³/mol. The number of ether oxygens (including phenoxy) is 2. The van der Waals surface area contributed by atoms with Gasteiger partial charge in [-0.1, -0.05) is 12.1 Å². The Hall–Kier alpha value is -3.55. The van der Waals surface area contributed by atoms with Crippen LogP contribution in [0.15, 0.2) is 42.5 Å². The molecule has 0 spiro atoms. The Kier molecular flexibility index (Phi) is 7.70. The predicted octanol–water partition coefficient (Wildman–Crippen LogP) is 2.63. The van der Waals surface area contributed by atoms with Crippen LogP contribution < -0.4 is 20.1 Å². The average Bonchev–Trinajstić information content (AvgIpc) is 2.78. The van der Waals surface area contributed by atoms with Crippen LogP contribution in [0.4, 0.5) is 5.69 Å². The highest BCUT2D eigenvalue weighted by atomic mass is 16.5. The van der Waals surface area contributed by atoms with Crippen LogP contribution in [0, 0.1) is 0 Å². The Balaban J connectivity index is 1.51. The number of nitrogens with zero attached hydrogens (tertiary/aromatic N) is 1. The van der Waals surface area contributed by atoms with Crippen molar-refractivity contribution in [2.24, 2.45) is 0 Å². The third-order valence-electron chi connectivity index (χ3n) is 5.39. The largest absolute Gasteiger partial charge is 0.493 e. The van der Waals surface area contributed by atoms with Gasteiger partial charge in [-0.3, -0.25) is 14.4 Å². The highest BCUT2D eigenvalue weighted by molar-refractivity contribution is 5.96. The number of hydrogen-bond acceptors (Lipinski definition) is 5. The lowest BCUT2D eigenvalue weighted by atomic mass is 10.0. The first-order valence-corrected chi connectivity index (χ1v) is 10.6. The summed E-state index contributed by atoms with van der Waals surface area (Å²) in [4.78, 5) is 38.3. The van der Waals surface area contributed by atoms with E-state index < -0.39 is 0 Å². The van der Waals surface area contributed by atoms with Crippen LogP contribution in [-0.4, -0.2) is 56.0 Å². The van der Waals surface area contributed by atoms with Crippen LogP contribution in [0.1, 0.15) is 35.7 Å². The van der Waals surface area contributed by atoms with E-state index in [4.69, 9.17) is 9.47 Å². The monoisotopic (exact) mass is 439 g/mol. The fraction of sp³-hybridized carbons (Fsp3) is 0.375. The number of anilines is 1. The smallest absolute Gasteiger partial charge is 0.253 e. The number of methoxy groups -OCH3 is 2. The summed E-state index contributed by atoms with van der Waals surface area (Å²) in [5.41, 5.74) is 1.97. The van der Waals surface area contributed by atoms with Gasteiger partial charge in [0.05, 0.1) is 20.6 Å². The molecule has 32 heavy (non-hydrogen) atoms. The summed E-state index contributed by atoms with van der Waals surface area (Å²) < 4.78 is 10.5. The second-order valence-corrected chi connectivity index (χ2v) is 7.76. The molecule has 8 heteroatoms. The van der Waals surface area contributed by atoms with Crippen molar-refractivity contribution < 1.29 is 23.9 Å². The van der Waals surface area contributed by atoms with Gasteiger partial charge in [0, 0.05) is 37.3 Å². The molecule has 2 aromatic carbocycles. The van der Waals surface area contributed by atoms with Crippen molar-refractivity contribution in [2.45, 2.75) is 32.2 Å². The molecule has 1 heterocycles. The molecule has 3 amide bonds. The van der Waals surface area contributed by atoms with E-state index in [0.717, 1.165) is 5.56 Å². The van der Waals surface area contributed by atoms with Gasteiger partial charge in [0.25, 0.3) is 5.91 Å². The highest BCUT2D eigenvalue weighted by Crippen LogP contribution is 2.27. The normalized spacial score (nSPS) is 13.9. The number of nitrogens with one attached hydrogen (secondary N) is 2. The zero-order valence-corrected chi connectivity index (χ0v) is 18.6. The second kappa shape index (κ2) is 10.7. The average molecular weight is 440 g/mol. The minimum absolute atomic E-state index is 0.0254. The zero-order valence-electron chi connectivity index (χ0n) is 18.6. The second-order valence-electron chi connectivity index (χ2n) is 7.76. The fourth-order valence-corrected chi connectivity index (χ4v) is 3.80. The van der Waals surface area contributed by atoms with Crippen molar-refractivity contribution in [3.8, 4) is 11.5 Å². The van der Waals surface area contributed by atoms with Gasteiger partial charge in [-0.2, -0.15) is 0 Å². The lowest BCUT2D eigenvalue weighted by Gasteiger charge is -2.32. The third-order valence-corrected chi connectivity index (χ3v) is 5.39. The van der Waals surface area contributed by atoms with Gasteiger partial charge < -0.3 is 25.0 Å². The van der Waals surface area contributed by atoms with E-state index in [0.29, 0.717) is 48.7 Å². The molecule has 0 unspecified atom stereocenters. The molecule has 2 N–H and O–H groups in total. The number of carbonyl (C=O) groups excluding carboxylic acids is 3. The van der Waals surface area contributed by atoms with E-state index in [9.17, 15) is 14.4 Å². The van der Waals surface area contributed by atoms with Crippen molar-refractivity contribution in [1.82, 2.24) is 10.2 Å². The molecule has 1 aliphatic heterocycles. The Morgan fingerprint density at radius 2 is 1.72 bits per heavy atom. The van der Waals surface area contributed by atoms with Gasteiger partial charge in [0.1, 0.15) is 0 Å². The van der Waals surface area contributed by atoms with Gasteiger partial charge in [0.15, 0.2) is 11.5 Å². The Labute approximate surface area is 187 Å². The number of rotatable bonds is 7. The highest BCUT2D eigenvalue weighted by Gasteiger charge is 2.25. The van der Waals surface area contributed by atoms with Crippen LogP contribution >= 0.6 is 0 Å². The van der Waals surface area contributed by atoms with Crippen molar-refractivity contribution >= 4 is 23.4 Å². The SMILES string of the molecule is COc1ccc(CC(=O)NC2CCN(C(=O)c3cccc(NC(C)=O)c3)CC2)cc1OC. The fourth-order valence-electron chi connectivity index (χ4n) is 3.80. The summed E-state index contributed by atoms with van der Waals surface area (Å²) in [6.07, 6.45) is 1.62. The van der Waals surface area contributed by atoms with Gasteiger partial charge in [-0.25, -0.2) is 0 Å². The molecule has 0 aromatic heterocycles. The maximum atomic E-state index is 12.8. The first-order chi connectivity index (χ1) is 15.4. The molecule has 2 aromatic rings. The molecule has 1 fully saturated rings. The first kappa shape index (κ1) is 23.1. The topological polar surface area (TPSA) is 97.0 Å². The standard InChI is InChI=1S/C24H29N3O5/c1-16(28)25-20-6-4-5-18(15-20)24(30)27-11-9-19(10-12-27)26-23(29)14-17-7-8-21(31-2)22(13-17)32-3/h4-8,13,15,19H,9-12,14H2,1-3H3,(H,25,28)(H,26,29). The number of piperidine rings is 1. The molecule has 1 saturated heterocycles. The maximum absolute atomic E-state index is 12.8. The van der Waals surface area contributed by atoms with E-state index in [1.54, 1.807) is 55.5 Å². The minimum Gasteiger partial charge on any atom is -0.493 e. The molecule has 170 valence electrons. The first-order valence-electron chi connectivity index (χ1n) is 10.6. The molecule has 0 aliphatic carbocycles. The molecule has 1 aliphatic rings. The molecule has 3 rings (SSSR count). The molecule has 0 atom stereocenters. The molecule has 0 radical (unpaired) electrons. The minimum atomic E-state index is -0.181. The molecule has 0 bridgehead atoms. The van der Waals surface area contributed by atoms with Crippen LogP contribution in [0.2, 0.25) is 0 Å². The number of amides is 3. The molecular weight excluding hydrogens is 410 g/mol. The van der Waals surface area contributed by atoms with Crippen LogP contribution in [0.3, 0.4) is 0 Å². The van der Waals surface area contributed by atoms with Crippen LogP contribution in [0.5, 0.6) is 11.5 Å². The summed E-state index contributed by atoms with van der Waals surface area (Å²) in [6.45, 7) is 2.55. The number of likely N-dealkylation sites (tertiary alicyclic amines) is 1. The summed E-state index contributed by atoms with van der Waals surface area (Å²) in [7, 11) is 3.13. The summed E-state index contributed by atoms with van der Waals surface area (Å²) in [5.74, 6) is 0.889.